The maximum atomic E-state index is 12.9. The third-order valence-electron chi connectivity index (χ3n) is 18.6. The second-order valence-corrected chi connectivity index (χ2v) is 28.1. The number of H-pyrrole nitrogens is 4. The van der Waals surface area contributed by atoms with Crippen molar-refractivity contribution in [3.63, 3.8) is 0 Å². The van der Waals surface area contributed by atoms with Crippen LogP contribution in [-0.2, 0) is 50.9 Å². The number of hydrogen-bond donors (Lipinski definition) is 4. The number of carbonyl (C=O) groups is 4. The van der Waals surface area contributed by atoms with Crippen molar-refractivity contribution in [2.45, 2.75) is 125 Å². The van der Waals surface area contributed by atoms with Crippen LogP contribution in [0.15, 0.2) is 103 Å². The van der Waals surface area contributed by atoms with Crippen molar-refractivity contribution in [2.24, 2.45) is 0 Å². The van der Waals surface area contributed by atoms with E-state index in [-0.39, 0.29) is 49.0 Å². The molecule has 10 rings (SSSR count). The number of aryl methyl sites for hydroxylation is 3. The monoisotopic (exact) mass is 1650 g/mol. The van der Waals surface area contributed by atoms with Gasteiger partial charge in [0.25, 0.3) is 23.6 Å². The van der Waals surface area contributed by atoms with Crippen LogP contribution in [0.2, 0.25) is 20.1 Å². The number of rotatable bonds is 28. The number of alkyl halides is 12. The summed E-state index contributed by atoms with van der Waals surface area (Å²) in [6.45, 7) is 25.6. The predicted octanol–water partition coefficient (Wildman–Crippen LogP) is 16.7. The molecule has 0 spiro atoms. The van der Waals surface area contributed by atoms with Gasteiger partial charge in [-0.05, 0) is 156 Å². The lowest BCUT2D eigenvalue weighted by molar-refractivity contribution is -0.142. The summed E-state index contributed by atoms with van der Waals surface area (Å²) in [6.07, 6.45) is -13.9. The Morgan fingerprint density at radius 1 is 0.378 bits per heavy atom. The molecule has 606 valence electrons. The van der Waals surface area contributed by atoms with Crippen LogP contribution in [-0.4, -0.2) is 208 Å². The standard InChI is InChI=1S/C19H22ClF3N4O.2C19H24ClF3N4O.C18H20ClF3N4O/c1-13-4-5-14(15(20)10-13)12-27(9-8-26-6-2-3-7-26)18(28)16-11-17(25-24-16)19(21,22)23;1-4-26(5-2)8-9-27(12-14-7-6-13(3)10-15(14)20)18(28)16-11-17(25-24-16)19(21,22)23;1-4-26(5-2)9-10-27(12-14-8-6-7-13(3)17(14)20)18(28)15-11-16(25-24-15)19(21,22)23;19-14-6-2-1-5-13(14)12-26(10-9-25-7-3-4-8-25)17(27)15-11-16(24-23-15)18(20,21)22/h4-5,10-11H,2-3,6-9,12H2,1H3,(H,24,25);6-7,10-11H,4-5,8-9,12H2,1-3H3,(H,24,25);6-8,11H,4-5,9-10,12H2,1-3H3,(H,24,25);1-2,5-6,11H,3-4,7-10,12H2,(H,23,24). The van der Waals surface area contributed by atoms with Crippen LogP contribution >= 0.6 is 46.4 Å². The summed E-state index contributed by atoms with van der Waals surface area (Å²) in [5.41, 5.74) is 0.575. The summed E-state index contributed by atoms with van der Waals surface area (Å²) >= 11 is 25.1. The molecule has 0 saturated carbocycles. The van der Waals surface area contributed by atoms with E-state index in [0.717, 1.165) is 141 Å². The average Bonchev–Trinajstić information content (AvgIpc) is 1.77. The number of carbonyl (C=O) groups excluding carboxylic acids is 4. The number of likely N-dealkylation sites (N-methyl/N-ethyl adjacent to an activating group) is 2. The minimum atomic E-state index is -4.59. The van der Waals surface area contributed by atoms with Crippen LogP contribution in [0.4, 0.5) is 52.7 Å². The molecule has 111 heavy (non-hydrogen) atoms. The first-order valence-electron chi connectivity index (χ1n) is 35.9. The minimum absolute atomic E-state index is 0.188. The van der Waals surface area contributed by atoms with Crippen LogP contribution in [0.25, 0.3) is 0 Å². The number of nitrogens with zero attached hydrogens (tertiary/aromatic N) is 12. The van der Waals surface area contributed by atoms with Crippen molar-refractivity contribution in [3.05, 3.63) is 208 Å². The Balaban J connectivity index is 0.000000206. The lowest BCUT2D eigenvalue weighted by Crippen LogP contribution is -2.38. The zero-order chi connectivity index (χ0) is 81.5. The van der Waals surface area contributed by atoms with E-state index in [9.17, 15) is 71.9 Å². The van der Waals surface area contributed by atoms with Gasteiger partial charge in [0.05, 0.1) is 0 Å². The van der Waals surface area contributed by atoms with Gasteiger partial charge >= 0.3 is 24.7 Å². The first kappa shape index (κ1) is 90.0. The van der Waals surface area contributed by atoms with Gasteiger partial charge in [-0.2, -0.15) is 73.1 Å². The molecule has 0 radical (unpaired) electrons. The number of benzene rings is 4. The summed E-state index contributed by atoms with van der Waals surface area (Å²) in [6, 6.07) is 26.6. The van der Waals surface area contributed by atoms with E-state index in [1.54, 1.807) is 42.5 Å². The summed E-state index contributed by atoms with van der Waals surface area (Å²) in [7, 11) is 0. The fraction of sp³-hybridized carbons (Fsp3) is 0.467. The van der Waals surface area contributed by atoms with Crippen LogP contribution in [0, 0.1) is 20.8 Å². The Labute approximate surface area is 656 Å². The molecule has 4 amide bonds. The molecule has 2 saturated heterocycles. The van der Waals surface area contributed by atoms with Gasteiger partial charge in [0.1, 0.15) is 22.8 Å². The number of likely N-dealkylation sites (tertiary alicyclic amines) is 2. The Morgan fingerprint density at radius 2 is 0.676 bits per heavy atom. The van der Waals surface area contributed by atoms with Crippen molar-refractivity contribution >= 4 is 70.0 Å². The highest BCUT2D eigenvalue weighted by atomic mass is 35.5. The highest BCUT2D eigenvalue weighted by Crippen LogP contribution is 2.33. The minimum Gasteiger partial charge on any atom is -0.332 e. The molecule has 6 heterocycles. The molecule has 0 atom stereocenters. The van der Waals surface area contributed by atoms with Crippen LogP contribution in [0.5, 0.6) is 0 Å². The predicted molar refractivity (Wildman–Crippen MR) is 400 cm³/mol. The molecular weight excluding hydrogens is 1560 g/mol. The van der Waals surface area contributed by atoms with Crippen molar-refractivity contribution in [1.82, 2.24) is 80.0 Å². The van der Waals surface area contributed by atoms with E-state index in [2.05, 4.69) is 40.0 Å². The molecule has 4 aromatic heterocycles. The fourth-order valence-corrected chi connectivity index (χ4v) is 12.9. The number of hydrogen-bond acceptors (Lipinski definition) is 12. The molecule has 20 nitrogen and oxygen atoms in total. The summed E-state index contributed by atoms with van der Waals surface area (Å²) in [4.78, 5) is 66.2. The average molecular weight is 1650 g/mol. The number of halogens is 16. The van der Waals surface area contributed by atoms with E-state index in [0.29, 0.717) is 72.4 Å². The quantitative estimate of drug-likeness (QED) is 0.0338. The lowest BCUT2D eigenvalue weighted by atomic mass is 10.1. The highest BCUT2D eigenvalue weighted by Gasteiger charge is 2.39. The molecule has 8 aromatic rings. The van der Waals surface area contributed by atoms with E-state index in [4.69, 9.17) is 46.4 Å². The molecular formula is C75H90Cl4F12N16O4. The zero-order valence-corrected chi connectivity index (χ0v) is 65.4. The van der Waals surface area contributed by atoms with E-state index in [1.165, 1.54) is 19.6 Å². The molecule has 36 heteroatoms. The van der Waals surface area contributed by atoms with Crippen molar-refractivity contribution in [2.75, 3.05) is 105 Å². The Morgan fingerprint density at radius 3 is 0.973 bits per heavy atom. The third kappa shape index (κ3) is 27.3. The largest absolute Gasteiger partial charge is 0.432 e. The van der Waals surface area contributed by atoms with Crippen molar-refractivity contribution in [3.8, 4) is 0 Å². The van der Waals surface area contributed by atoms with Crippen LogP contribution < -0.4 is 0 Å². The molecule has 2 aliphatic heterocycles. The second kappa shape index (κ2) is 41.5. The Bertz CT molecular complexity index is 4170. The van der Waals surface area contributed by atoms with Gasteiger partial charge in [-0.1, -0.05) is 135 Å². The molecule has 4 N–H and O–H groups in total. The summed E-state index contributed by atoms with van der Waals surface area (Å²) in [5, 5.41) is 24.0. The summed E-state index contributed by atoms with van der Waals surface area (Å²) in [5.74, 6) is -2.25. The zero-order valence-electron chi connectivity index (χ0n) is 62.3. The maximum absolute atomic E-state index is 12.9. The SMILES string of the molecule is CCN(CC)CCN(Cc1ccc(C)cc1Cl)C(=O)c1cc(C(F)(F)F)[nH]n1.CCN(CC)CCN(Cc1cccc(C)c1Cl)C(=O)c1cc(C(F)(F)F)[nH]n1.Cc1ccc(CN(CCN2CCCC2)C(=O)c2cc(C(F)(F)F)[nH]n2)c(Cl)c1.O=C(c1cc(C(F)(F)F)[nH]n1)N(CCN1CCCC1)Cc1ccccc1Cl. The van der Waals surface area contributed by atoms with Crippen LogP contribution in [0.1, 0.15) is 157 Å². The molecule has 0 bridgehead atoms. The molecule has 4 aromatic carbocycles. The second-order valence-electron chi connectivity index (χ2n) is 26.5. The first-order chi connectivity index (χ1) is 52.4. The number of amides is 4. The number of nitrogens with one attached hydrogen (secondary N) is 4. The Kier molecular flexibility index (Phi) is 33.6. The lowest BCUT2D eigenvalue weighted by Gasteiger charge is -2.26. The van der Waals surface area contributed by atoms with Crippen molar-refractivity contribution in [1.29, 1.82) is 0 Å². The van der Waals surface area contributed by atoms with E-state index >= 15 is 0 Å². The van der Waals surface area contributed by atoms with Crippen molar-refractivity contribution < 1.29 is 71.9 Å². The van der Waals surface area contributed by atoms with Crippen LogP contribution in [0.3, 0.4) is 0 Å². The number of aromatic nitrogens is 8. The van der Waals surface area contributed by atoms with Gasteiger partial charge < -0.3 is 39.2 Å². The topological polar surface area (TPSA) is 209 Å². The first-order valence-corrected chi connectivity index (χ1v) is 37.5. The van der Waals surface area contributed by atoms with Gasteiger partial charge in [-0.3, -0.25) is 39.6 Å². The number of aromatic amines is 4. The van der Waals surface area contributed by atoms with Gasteiger partial charge in [-0.15, -0.1) is 0 Å². The van der Waals surface area contributed by atoms with Gasteiger partial charge in [0, 0.05) is 123 Å². The Hall–Kier alpha value is -8.24. The molecule has 2 aliphatic rings. The van der Waals surface area contributed by atoms with Gasteiger partial charge in [0.15, 0.2) is 22.8 Å². The van der Waals surface area contributed by atoms with Gasteiger partial charge in [0.2, 0.25) is 0 Å². The van der Waals surface area contributed by atoms with E-state index in [1.807, 2.05) is 105 Å². The molecule has 0 unspecified atom stereocenters. The summed E-state index contributed by atoms with van der Waals surface area (Å²) < 4.78 is 154. The highest BCUT2D eigenvalue weighted by molar-refractivity contribution is 6.32. The third-order valence-corrected chi connectivity index (χ3v) is 20.2. The maximum Gasteiger partial charge on any atom is 0.432 e. The fourth-order valence-electron chi connectivity index (χ4n) is 11.9. The smallest absolute Gasteiger partial charge is 0.332 e. The van der Waals surface area contributed by atoms with Gasteiger partial charge in [-0.25, -0.2) is 0 Å². The normalized spacial score (nSPS) is 13.5. The molecule has 2 fully saturated rings. The van der Waals surface area contributed by atoms with E-state index < -0.39 is 71.1 Å². The molecule has 0 aliphatic carbocycles.